The second kappa shape index (κ2) is 5.76. The zero-order valence-corrected chi connectivity index (χ0v) is 12.1. The summed E-state index contributed by atoms with van der Waals surface area (Å²) >= 11 is 0. The van der Waals surface area contributed by atoms with Crippen LogP contribution in [0.25, 0.3) is 0 Å². The minimum Gasteiger partial charge on any atom is -0.313 e. The molecule has 1 N–H and O–H groups in total. The molecule has 0 radical (unpaired) electrons. The Morgan fingerprint density at radius 1 is 1.25 bits per heavy atom. The molecular formula is C16H22F3N. The maximum absolute atomic E-state index is 12.7. The molecule has 0 heterocycles. The summed E-state index contributed by atoms with van der Waals surface area (Å²) in [5.41, 5.74) is 0.220. The maximum Gasteiger partial charge on any atom is 0.416 e. The van der Waals surface area contributed by atoms with Crippen LogP contribution in [0.4, 0.5) is 13.2 Å². The van der Waals surface area contributed by atoms with Crippen LogP contribution in [-0.4, -0.2) is 12.6 Å². The smallest absolute Gasteiger partial charge is 0.313 e. The Morgan fingerprint density at radius 2 is 1.95 bits per heavy atom. The van der Waals surface area contributed by atoms with E-state index < -0.39 is 11.7 Å². The van der Waals surface area contributed by atoms with Crippen LogP contribution in [0.2, 0.25) is 0 Å². The maximum atomic E-state index is 12.7. The molecule has 4 heteroatoms. The fourth-order valence-corrected chi connectivity index (χ4v) is 2.34. The summed E-state index contributed by atoms with van der Waals surface area (Å²) in [5.74, 6) is 0. The van der Waals surface area contributed by atoms with E-state index in [1.54, 1.807) is 6.07 Å². The molecule has 0 spiro atoms. The molecule has 0 saturated heterocycles. The fraction of sp³-hybridized carbons (Fsp3) is 0.625. The van der Waals surface area contributed by atoms with Crippen LogP contribution in [0.15, 0.2) is 24.3 Å². The van der Waals surface area contributed by atoms with E-state index in [0.29, 0.717) is 12.5 Å². The molecule has 0 aromatic heterocycles. The lowest BCUT2D eigenvalue weighted by Crippen LogP contribution is -2.34. The highest BCUT2D eigenvalue weighted by molar-refractivity contribution is 5.26. The molecule has 112 valence electrons. The van der Waals surface area contributed by atoms with Gasteiger partial charge in [0.15, 0.2) is 0 Å². The number of nitrogens with one attached hydrogen (secondary N) is 1. The molecule has 1 aliphatic rings. The van der Waals surface area contributed by atoms with Gasteiger partial charge in [-0.05, 0) is 42.7 Å². The molecular weight excluding hydrogens is 263 g/mol. The number of alkyl halides is 3. The molecule has 0 aliphatic heterocycles. The molecule has 1 saturated carbocycles. The molecule has 1 fully saturated rings. The molecule has 2 rings (SSSR count). The van der Waals surface area contributed by atoms with Crippen molar-refractivity contribution < 1.29 is 13.2 Å². The monoisotopic (exact) mass is 285 g/mol. The highest BCUT2D eigenvalue weighted by atomic mass is 19.4. The van der Waals surface area contributed by atoms with Gasteiger partial charge in [0.1, 0.15) is 0 Å². The van der Waals surface area contributed by atoms with Crippen molar-refractivity contribution >= 4 is 0 Å². The molecule has 20 heavy (non-hydrogen) atoms. The minimum absolute atomic E-state index is 0.00676. The van der Waals surface area contributed by atoms with Crippen LogP contribution in [0.5, 0.6) is 0 Å². The minimum atomic E-state index is -4.26. The molecule has 1 aromatic carbocycles. The van der Waals surface area contributed by atoms with Crippen molar-refractivity contribution in [1.29, 1.82) is 0 Å². The van der Waals surface area contributed by atoms with Gasteiger partial charge in [0.2, 0.25) is 0 Å². The lowest BCUT2D eigenvalue weighted by atomic mass is 9.81. The first-order valence-electron chi connectivity index (χ1n) is 7.22. The zero-order chi connectivity index (χ0) is 14.8. The van der Waals surface area contributed by atoms with Crippen LogP contribution in [0, 0.1) is 5.41 Å². The van der Waals surface area contributed by atoms with E-state index >= 15 is 0 Å². The van der Waals surface area contributed by atoms with E-state index in [0.717, 1.165) is 24.6 Å². The fourth-order valence-electron chi connectivity index (χ4n) is 2.34. The van der Waals surface area contributed by atoms with Gasteiger partial charge in [-0.25, -0.2) is 0 Å². The summed E-state index contributed by atoms with van der Waals surface area (Å²) in [5, 5.41) is 3.49. The van der Waals surface area contributed by atoms with Crippen LogP contribution >= 0.6 is 0 Å². The van der Waals surface area contributed by atoms with E-state index in [2.05, 4.69) is 19.2 Å². The lowest BCUT2D eigenvalue weighted by molar-refractivity contribution is -0.137. The van der Waals surface area contributed by atoms with Gasteiger partial charge in [-0.3, -0.25) is 0 Å². The van der Waals surface area contributed by atoms with Crippen LogP contribution < -0.4 is 5.32 Å². The summed E-state index contributed by atoms with van der Waals surface area (Å²) in [6.07, 6.45) is -0.187. The summed E-state index contributed by atoms with van der Waals surface area (Å²) in [4.78, 5) is 0. The van der Waals surface area contributed by atoms with Crippen LogP contribution in [-0.2, 0) is 12.6 Å². The van der Waals surface area contributed by atoms with Gasteiger partial charge in [0, 0.05) is 12.6 Å². The van der Waals surface area contributed by atoms with Crippen molar-refractivity contribution in [2.24, 2.45) is 5.41 Å². The van der Waals surface area contributed by atoms with Gasteiger partial charge in [0.05, 0.1) is 5.56 Å². The van der Waals surface area contributed by atoms with Gasteiger partial charge < -0.3 is 5.32 Å². The van der Waals surface area contributed by atoms with E-state index in [4.69, 9.17) is 0 Å². The highest BCUT2D eigenvalue weighted by Crippen LogP contribution is 2.32. The van der Waals surface area contributed by atoms with E-state index in [-0.39, 0.29) is 5.41 Å². The quantitative estimate of drug-likeness (QED) is 0.816. The average Bonchev–Trinajstić information content (AvgIpc) is 3.20. The predicted octanol–water partition coefficient (Wildman–Crippen LogP) is 4.42. The molecule has 1 atom stereocenters. The van der Waals surface area contributed by atoms with Gasteiger partial charge in [-0.15, -0.1) is 0 Å². The first kappa shape index (κ1) is 15.4. The molecule has 1 aliphatic carbocycles. The number of benzene rings is 1. The molecule has 1 unspecified atom stereocenters. The van der Waals surface area contributed by atoms with E-state index in [9.17, 15) is 13.2 Å². The van der Waals surface area contributed by atoms with Crippen LogP contribution in [0.3, 0.4) is 0 Å². The predicted molar refractivity (Wildman–Crippen MR) is 74.6 cm³/mol. The first-order valence-corrected chi connectivity index (χ1v) is 7.22. The Bertz CT molecular complexity index is 451. The zero-order valence-electron chi connectivity index (χ0n) is 12.1. The van der Waals surface area contributed by atoms with Crippen molar-refractivity contribution in [2.75, 3.05) is 6.54 Å². The summed E-state index contributed by atoms with van der Waals surface area (Å²) in [6.45, 7) is 5.11. The Morgan fingerprint density at radius 3 is 2.50 bits per heavy atom. The average molecular weight is 285 g/mol. The Balaban J connectivity index is 2.05. The third kappa shape index (κ3) is 4.23. The lowest BCUT2D eigenvalue weighted by Gasteiger charge is -2.29. The third-order valence-corrected chi connectivity index (χ3v) is 4.13. The van der Waals surface area contributed by atoms with Gasteiger partial charge in [-0.2, -0.15) is 13.2 Å². The van der Waals surface area contributed by atoms with Crippen molar-refractivity contribution in [3.05, 3.63) is 35.4 Å². The first-order chi connectivity index (χ1) is 9.32. The Labute approximate surface area is 118 Å². The van der Waals surface area contributed by atoms with Crippen LogP contribution in [0.1, 0.15) is 44.2 Å². The van der Waals surface area contributed by atoms with Crippen molar-refractivity contribution in [1.82, 2.24) is 5.32 Å². The number of halogens is 3. The summed E-state index contributed by atoms with van der Waals surface area (Å²) in [7, 11) is 0. The standard InChI is InChI=1S/C16H22F3N/c1-3-15(2,11-20-14-7-8-14)10-12-5-4-6-13(9-12)16(17,18)19/h4-6,9,14,20H,3,7-8,10-11H2,1-2H3. The van der Waals surface area contributed by atoms with Gasteiger partial charge in [-0.1, -0.05) is 32.0 Å². The Kier molecular flexibility index (Phi) is 4.43. The van der Waals surface area contributed by atoms with Crippen molar-refractivity contribution in [2.45, 2.75) is 51.7 Å². The molecule has 1 aromatic rings. The highest BCUT2D eigenvalue weighted by Gasteiger charge is 2.32. The third-order valence-electron chi connectivity index (χ3n) is 4.13. The number of hydrogen-bond donors (Lipinski definition) is 1. The van der Waals surface area contributed by atoms with Crippen molar-refractivity contribution in [3.8, 4) is 0 Å². The summed E-state index contributed by atoms with van der Waals surface area (Å²) < 4.78 is 38.2. The van der Waals surface area contributed by atoms with E-state index in [1.165, 1.54) is 25.0 Å². The molecule has 0 amide bonds. The van der Waals surface area contributed by atoms with Crippen molar-refractivity contribution in [3.63, 3.8) is 0 Å². The molecule has 1 nitrogen and oxygen atoms in total. The SMILES string of the molecule is CCC(C)(CNC1CC1)Cc1cccc(C(F)(F)F)c1. The topological polar surface area (TPSA) is 12.0 Å². The van der Waals surface area contributed by atoms with Gasteiger partial charge in [0.25, 0.3) is 0 Å². The normalized spacial score (nSPS) is 18.9. The number of rotatable bonds is 6. The van der Waals surface area contributed by atoms with E-state index in [1.807, 2.05) is 0 Å². The second-order valence-electron chi connectivity index (χ2n) is 6.19. The summed E-state index contributed by atoms with van der Waals surface area (Å²) in [6, 6.07) is 6.34. The Hall–Kier alpha value is -1.03. The second-order valence-corrected chi connectivity index (χ2v) is 6.19. The largest absolute Gasteiger partial charge is 0.416 e. The van der Waals surface area contributed by atoms with Gasteiger partial charge >= 0.3 is 6.18 Å². The molecule has 0 bridgehead atoms. The number of hydrogen-bond acceptors (Lipinski definition) is 1.